The number of amides is 2. The van der Waals surface area contributed by atoms with Gasteiger partial charge >= 0.3 is 6.09 Å². The number of carboxylic acid groups (broad SMARTS) is 1. The monoisotopic (exact) mass is 278 g/mol. The van der Waals surface area contributed by atoms with Crippen LogP contribution in [0.15, 0.2) is 0 Å². The smallest absolute Gasteiger partial charge is 0.407 e. The van der Waals surface area contributed by atoms with Crippen molar-refractivity contribution in [2.75, 3.05) is 32.8 Å². The van der Waals surface area contributed by atoms with Crippen LogP contribution in [0, 0.1) is 0 Å². The number of halogens is 2. The molecule has 0 radical (unpaired) electrons. The fourth-order valence-electron chi connectivity index (χ4n) is 2.18. The lowest BCUT2D eigenvalue weighted by atomic mass is 10.1. The summed E-state index contributed by atoms with van der Waals surface area (Å²) in [7, 11) is 0. The van der Waals surface area contributed by atoms with Crippen LogP contribution in [0.5, 0.6) is 0 Å². The minimum atomic E-state index is -2.76. The van der Waals surface area contributed by atoms with Crippen molar-refractivity contribution in [1.29, 1.82) is 0 Å². The van der Waals surface area contributed by atoms with Gasteiger partial charge in [-0.15, -0.1) is 0 Å². The van der Waals surface area contributed by atoms with Gasteiger partial charge in [0, 0.05) is 13.1 Å². The molecule has 0 aromatic heterocycles. The second-order valence-electron chi connectivity index (χ2n) is 4.89. The van der Waals surface area contributed by atoms with Crippen LogP contribution < -0.4 is 0 Å². The average Bonchev–Trinajstić information content (AvgIpc) is 2.33. The highest BCUT2D eigenvalue weighted by Gasteiger charge is 2.46. The molecule has 1 N–H and O–H groups in total. The van der Waals surface area contributed by atoms with E-state index in [4.69, 9.17) is 9.84 Å². The molecule has 8 heteroatoms. The van der Waals surface area contributed by atoms with Crippen molar-refractivity contribution in [3.8, 4) is 0 Å². The Labute approximate surface area is 108 Å². The zero-order valence-electron chi connectivity index (χ0n) is 10.3. The molecule has 0 saturated carbocycles. The molecular weight excluding hydrogens is 262 g/mol. The third-order valence-corrected chi connectivity index (χ3v) is 3.35. The standard InChI is InChI=1S/C11H16F2N2O4/c12-11(13)6-15(7-11)9(16)5-19-8-1-3-14(4-2-8)10(17)18/h8H,1-7H2,(H,17,18). The Kier molecular flexibility index (Phi) is 3.88. The van der Waals surface area contributed by atoms with Crippen molar-refractivity contribution in [2.45, 2.75) is 24.9 Å². The number of hydrogen-bond donors (Lipinski definition) is 1. The van der Waals surface area contributed by atoms with E-state index in [-0.39, 0.29) is 12.7 Å². The van der Waals surface area contributed by atoms with Gasteiger partial charge < -0.3 is 19.6 Å². The zero-order chi connectivity index (χ0) is 14.0. The molecule has 108 valence electrons. The van der Waals surface area contributed by atoms with Crippen molar-refractivity contribution in [2.24, 2.45) is 0 Å². The molecule has 0 atom stereocenters. The first-order chi connectivity index (χ1) is 8.87. The van der Waals surface area contributed by atoms with Crippen molar-refractivity contribution in [1.82, 2.24) is 9.80 Å². The maximum absolute atomic E-state index is 12.6. The number of carbonyl (C=O) groups is 2. The van der Waals surface area contributed by atoms with Crippen LogP contribution >= 0.6 is 0 Å². The van der Waals surface area contributed by atoms with Gasteiger partial charge in [0.05, 0.1) is 19.2 Å². The summed E-state index contributed by atoms with van der Waals surface area (Å²) < 4.78 is 30.5. The van der Waals surface area contributed by atoms with Crippen LogP contribution in [-0.2, 0) is 9.53 Å². The van der Waals surface area contributed by atoms with Gasteiger partial charge in [-0.1, -0.05) is 0 Å². The van der Waals surface area contributed by atoms with Crippen molar-refractivity contribution in [3.63, 3.8) is 0 Å². The highest BCUT2D eigenvalue weighted by molar-refractivity contribution is 5.78. The number of nitrogens with zero attached hydrogens (tertiary/aromatic N) is 2. The summed E-state index contributed by atoms with van der Waals surface area (Å²) in [5.74, 6) is -3.20. The minimum absolute atomic E-state index is 0.179. The van der Waals surface area contributed by atoms with Gasteiger partial charge in [-0.25, -0.2) is 13.6 Å². The number of likely N-dealkylation sites (tertiary alicyclic amines) is 2. The predicted octanol–water partition coefficient (Wildman–Crippen LogP) is 0.623. The lowest BCUT2D eigenvalue weighted by Gasteiger charge is -2.39. The molecule has 0 unspecified atom stereocenters. The second-order valence-corrected chi connectivity index (χ2v) is 4.89. The summed E-state index contributed by atoms with van der Waals surface area (Å²) >= 11 is 0. The van der Waals surface area contributed by atoms with Gasteiger partial charge in [-0.2, -0.15) is 0 Å². The fourth-order valence-corrected chi connectivity index (χ4v) is 2.18. The van der Waals surface area contributed by atoms with Crippen molar-refractivity contribution in [3.05, 3.63) is 0 Å². The van der Waals surface area contributed by atoms with Gasteiger partial charge in [0.1, 0.15) is 6.61 Å². The maximum Gasteiger partial charge on any atom is 0.407 e. The Hall–Kier alpha value is -1.44. The van der Waals surface area contributed by atoms with Crippen LogP contribution in [0.25, 0.3) is 0 Å². The summed E-state index contributed by atoms with van der Waals surface area (Å²) in [4.78, 5) is 24.5. The molecule has 2 amide bonds. The van der Waals surface area contributed by atoms with Gasteiger partial charge in [-0.05, 0) is 12.8 Å². The molecular formula is C11H16F2N2O4. The topological polar surface area (TPSA) is 70.1 Å². The molecule has 0 aliphatic carbocycles. The lowest BCUT2D eigenvalue weighted by Crippen LogP contribution is -2.59. The third kappa shape index (κ3) is 3.52. The first-order valence-corrected chi connectivity index (χ1v) is 6.12. The van der Waals surface area contributed by atoms with E-state index in [1.165, 1.54) is 4.90 Å². The molecule has 19 heavy (non-hydrogen) atoms. The van der Waals surface area contributed by atoms with Gasteiger partial charge in [-0.3, -0.25) is 4.79 Å². The number of carbonyl (C=O) groups excluding carboxylic acids is 1. The molecule has 6 nitrogen and oxygen atoms in total. The molecule has 0 aromatic carbocycles. The van der Waals surface area contributed by atoms with E-state index in [1.807, 2.05) is 0 Å². The van der Waals surface area contributed by atoms with Crippen molar-refractivity contribution < 1.29 is 28.2 Å². The molecule has 2 fully saturated rings. The largest absolute Gasteiger partial charge is 0.465 e. The number of ether oxygens (including phenoxy) is 1. The van der Waals surface area contributed by atoms with Crippen LogP contribution in [0.3, 0.4) is 0 Å². The quantitative estimate of drug-likeness (QED) is 0.821. The zero-order valence-corrected chi connectivity index (χ0v) is 10.3. The van der Waals surface area contributed by atoms with Gasteiger partial charge in [0.15, 0.2) is 0 Å². The minimum Gasteiger partial charge on any atom is -0.465 e. The van der Waals surface area contributed by atoms with E-state index >= 15 is 0 Å². The Bertz CT molecular complexity index is 362. The number of hydrogen-bond acceptors (Lipinski definition) is 3. The Morgan fingerprint density at radius 3 is 2.26 bits per heavy atom. The summed E-state index contributed by atoms with van der Waals surface area (Å²) in [6.45, 7) is -0.543. The first kappa shape index (κ1) is 14.0. The van der Waals surface area contributed by atoms with E-state index in [1.54, 1.807) is 0 Å². The molecule has 2 rings (SSSR count). The molecule has 0 spiro atoms. The van der Waals surface area contributed by atoms with Crippen LogP contribution in [-0.4, -0.2) is 71.7 Å². The lowest BCUT2D eigenvalue weighted by molar-refractivity contribution is -0.171. The van der Waals surface area contributed by atoms with Crippen LogP contribution in [0.2, 0.25) is 0 Å². The van der Waals surface area contributed by atoms with Gasteiger partial charge in [0.2, 0.25) is 5.91 Å². The van der Waals surface area contributed by atoms with Crippen LogP contribution in [0.1, 0.15) is 12.8 Å². The van der Waals surface area contributed by atoms with E-state index < -0.39 is 31.0 Å². The number of rotatable bonds is 3. The highest BCUT2D eigenvalue weighted by atomic mass is 19.3. The summed E-state index contributed by atoms with van der Waals surface area (Å²) in [6.07, 6.45) is -0.0930. The average molecular weight is 278 g/mol. The van der Waals surface area contributed by atoms with E-state index in [0.29, 0.717) is 25.9 Å². The third-order valence-electron chi connectivity index (χ3n) is 3.35. The van der Waals surface area contributed by atoms with Crippen LogP contribution in [0.4, 0.5) is 13.6 Å². The van der Waals surface area contributed by atoms with Gasteiger partial charge in [0.25, 0.3) is 5.92 Å². The van der Waals surface area contributed by atoms with E-state index in [0.717, 1.165) is 4.90 Å². The Balaban J connectivity index is 1.64. The fraction of sp³-hybridized carbons (Fsp3) is 0.818. The molecule has 2 aliphatic rings. The molecule has 2 saturated heterocycles. The second kappa shape index (κ2) is 5.28. The summed E-state index contributed by atoms with van der Waals surface area (Å²) in [5, 5.41) is 8.76. The SMILES string of the molecule is O=C(O)N1CCC(OCC(=O)N2CC(F)(F)C2)CC1. The Morgan fingerprint density at radius 1 is 1.21 bits per heavy atom. The molecule has 2 heterocycles. The number of alkyl halides is 2. The molecule has 0 aromatic rings. The summed E-state index contributed by atoms with van der Waals surface area (Å²) in [5.41, 5.74) is 0. The normalized spacial score (nSPS) is 23.1. The summed E-state index contributed by atoms with van der Waals surface area (Å²) in [6, 6.07) is 0. The highest BCUT2D eigenvalue weighted by Crippen LogP contribution is 2.26. The van der Waals surface area contributed by atoms with E-state index in [2.05, 4.69) is 0 Å². The van der Waals surface area contributed by atoms with E-state index in [9.17, 15) is 18.4 Å². The maximum atomic E-state index is 12.6. The van der Waals surface area contributed by atoms with Crippen molar-refractivity contribution >= 4 is 12.0 Å². The Morgan fingerprint density at radius 2 is 1.79 bits per heavy atom. The number of piperidine rings is 1. The first-order valence-electron chi connectivity index (χ1n) is 6.12. The predicted molar refractivity (Wildman–Crippen MR) is 60.1 cm³/mol. The molecule has 0 bridgehead atoms. The molecule has 2 aliphatic heterocycles.